The number of carbonyl (C=O) groups is 3. The van der Waals surface area contributed by atoms with Gasteiger partial charge in [0.25, 0.3) is 0 Å². The fourth-order valence-electron chi connectivity index (χ4n) is 9.24. The number of methoxy groups -OCH3 is 1. The standard InChI is InChI=1S/C11H10N2OS.C11H12N2OS.C11H11NO2S.C10H8N2S.2C9H7N3S.C9H6N2OS.C5H9NO2S/c1-8(14)13-5-4-9-2-3-10(12-7-15)6-11(9)13;15-9-12-10-1-3-11(4-2-10)13-5-7-14-8-6-13;1-2-14-11(13)8-5-9-3-6-10(12-15)7-4-9;13-11-9-3-5-10(6-4-9)12-7-1-2-8-12;13-11-8-2-4-9(5-3-8)12-7-1-6-10-12;13-11-8-1-3-9(4-2-8)12-6-5-10-7-12;13-11-8-3-1-7(2-4-8)9-5-10-6-12-9;1-8-5(7)3-2-4-6-9/h2-3,6H,4-5H2,1H3;1-4H,5-8H2;3-8H,2H2,1H3;1-8H;2*1-7H;1-6H;2-4H2,1H3/b;;8-5+;;;;;. The fraction of sp³-hybridized carbons (Fsp3) is 0.173. The zero-order valence-electron chi connectivity index (χ0n) is 57.5. The van der Waals surface area contributed by atoms with Crippen LogP contribution in [-0.2, 0) is 110 Å². The Labute approximate surface area is 657 Å². The zero-order valence-corrected chi connectivity index (χ0v) is 64.1. The van der Waals surface area contributed by atoms with Crippen LogP contribution in [0.1, 0.15) is 37.8 Å². The first-order valence-corrected chi connectivity index (χ1v) is 35.2. The molecule has 7 aromatic carbocycles. The SMILES string of the molecule is CC(=O)N1CCc2ccc(N=C=S)cc21.CCOC(=O)/C=C/c1ccc(N=S)cc1.COC(=O)CCCN=S.S=C=Nc1ccc(N2CCOCC2)cc1.S=Nc1ccc(-c2cnco2)cc1.S=Nc1ccc(-n2cccc2)cc1.S=Nc1ccc(-n2cccn2)cc1.S=Nc1ccc(-n2ccnc2)cc1. The summed E-state index contributed by atoms with van der Waals surface area (Å²) in [5, 5.41) is 8.78. The Kier molecular flexibility index (Phi) is 38.8. The minimum atomic E-state index is -0.338. The minimum absolute atomic E-state index is 0.0669. The van der Waals surface area contributed by atoms with Gasteiger partial charge in [-0.05, 0) is 225 Å². The summed E-state index contributed by atoms with van der Waals surface area (Å²) in [6.45, 7) is 8.57. The van der Waals surface area contributed by atoms with Crippen molar-refractivity contribution in [2.45, 2.75) is 33.1 Å². The van der Waals surface area contributed by atoms with Crippen LogP contribution in [0.3, 0.4) is 0 Å². The lowest BCUT2D eigenvalue weighted by atomic mass is 10.1. The van der Waals surface area contributed by atoms with Crippen molar-refractivity contribution in [3.05, 3.63) is 255 Å². The lowest BCUT2D eigenvalue weighted by Crippen LogP contribution is -2.36. The van der Waals surface area contributed by atoms with Crippen molar-refractivity contribution in [1.82, 2.24) is 28.9 Å². The maximum atomic E-state index is 11.3. The van der Waals surface area contributed by atoms with Crippen LogP contribution in [0, 0.1) is 0 Å². The summed E-state index contributed by atoms with van der Waals surface area (Å²) in [5.41, 5.74) is 13.9. The molecule has 0 saturated carbocycles. The summed E-state index contributed by atoms with van der Waals surface area (Å²) >= 11 is 36.2. The second-order valence-electron chi connectivity index (χ2n) is 21.4. The monoisotopic (exact) mass is 1560 g/mol. The van der Waals surface area contributed by atoms with Crippen molar-refractivity contribution in [2.75, 3.05) is 62.9 Å². The van der Waals surface area contributed by atoms with Crippen LogP contribution < -0.4 is 9.80 Å². The van der Waals surface area contributed by atoms with Gasteiger partial charge in [0.2, 0.25) is 5.91 Å². The molecule has 23 nitrogen and oxygen atoms in total. The van der Waals surface area contributed by atoms with E-state index in [0.717, 1.165) is 119 Å². The number of benzene rings is 7. The number of ether oxygens (including phenoxy) is 3. The van der Waals surface area contributed by atoms with Gasteiger partial charge in [-0.25, -0.2) is 23.8 Å². The number of fused-ring (bicyclic) bond motifs is 1. The summed E-state index contributed by atoms with van der Waals surface area (Å²) in [7, 11) is 1.37. The number of thiocarbonyl (C=S) groups is 2. The quantitative estimate of drug-likeness (QED) is 0.0240. The second kappa shape index (κ2) is 48.9. The fourth-order valence-corrected chi connectivity index (χ4v) is 10.2. The summed E-state index contributed by atoms with van der Waals surface area (Å²) in [5.74, 6) is 0.274. The highest BCUT2D eigenvalue weighted by Gasteiger charge is 2.22. The summed E-state index contributed by atoms with van der Waals surface area (Å²) in [6.07, 6.45) is 21.2. The average molecular weight is 1560 g/mol. The number of aliphatic imine (C=N–C) groups is 2. The van der Waals surface area contributed by atoms with E-state index in [-0.39, 0.29) is 17.8 Å². The number of hydrogen-bond donors (Lipinski definition) is 0. The number of carbonyl (C=O) groups excluding carboxylic acids is 3. The van der Waals surface area contributed by atoms with Gasteiger partial charge in [-0.15, -0.1) is 0 Å². The van der Waals surface area contributed by atoms with Crippen molar-refractivity contribution in [2.24, 2.45) is 36.2 Å². The molecule has 0 N–H and O–H groups in total. The van der Waals surface area contributed by atoms with Gasteiger partial charge in [0, 0.05) is 179 Å². The Morgan fingerprint density at radius 2 is 1.11 bits per heavy atom. The number of hydrogen-bond acceptors (Lipinski definition) is 27. The number of amides is 1. The van der Waals surface area contributed by atoms with Gasteiger partial charge in [-0.2, -0.15) is 36.9 Å². The lowest BCUT2D eigenvalue weighted by molar-refractivity contribution is -0.140. The second-order valence-corrected chi connectivity index (χ2v) is 22.9. The summed E-state index contributed by atoms with van der Waals surface area (Å²) in [6, 6.07) is 57.4. The van der Waals surface area contributed by atoms with Crippen molar-refractivity contribution >= 4 is 184 Å². The van der Waals surface area contributed by atoms with E-state index in [4.69, 9.17) is 13.9 Å². The van der Waals surface area contributed by atoms with Crippen molar-refractivity contribution in [1.29, 1.82) is 0 Å². The number of oxazole rings is 1. The predicted molar refractivity (Wildman–Crippen MR) is 437 cm³/mol. The molecular formula is C75H70N16O7S8. The molecule has 31 heteroatoms. The molecule has 106 heavy (non-hydrogen) atoms. The van der Waals surface area contributed by atoms with Crippen LogP contribution in [0.25, 0.3) is 34.5 Å². The van der Waals surface area contributed by atoms with Crippen molar-refractivity contribution < 1.29 is 33.0 Å². The van der Waals surface area contributed by atoms with Crippen LogP contribution in [0.4, 0.5) is 51.2 Å². The maximum absolute atomic E-state index is 11.3. The number of imidazole rings is 1. The van der Waals surface area contributed by atoms with Gasteiger partial charge in [0.15, 0.2) is 12.2 Å². The maximum Gasteiger partial charge on any atom is 0.330 e. The number of morpholine rings is 1. The number of nitrogens with zero attached hydrogens (tertiary/aromatic N) is 16. The van der Waals surface area contributed by atoms with E-state index < -0.39 is 0 Å². The van der Waals surface area contributed by atoms with E-state index in [0.29, 0.717) is 26.0 Å². The van der Waals surface area contributed by atoms with Crippen LogP contribution >= 0.6 is 24.4 Å². The number of rotatable bonds is 19. The van der Waals surface area contributed by atoms with E-state index in [2.05, 4.69) is 182 Å². The van der Waals surface area contributed by atoms with Crippen molar-refractivity contribution in [3.8, 4) is 28.4 Å². The van der Waals surface area contributed by atoms with Crippen molar-refractivity contribution in [3.63, 3.8) is 0 Å². The molecule has 11 aromatic rings. The Morgan fingerprint density at radius 1 is 0.585 bits per heavy atom. The van der Waals surface area contributed by atoms with E-state index in [1.165, 1.54) is 30.8 Å². The van der Waals surface area contributed by atoms with E-state index in [9.17, 15) is 14.4 Å². The third kappa shape index (κ3) is 30.0. The number of isothiocyanates is 2. The molecule has 1 saturated heterocycles. The van der Waals surface area contributed by atoms with Gasteiger partial charge in [0.1, 0.15) is 0 Å². The molecule has 0 unspecified atom stereocenters. The normalized spacial score (nSPS) is 11.1. The number of esters is 2. The first-order chi connectivity index (χ1) is 51.8. The molecule has 540 valence electrons. The first-order valence-electron chi connectivity index (χ1n) is 32.2. The summed E-state index contributed by atoms with van der Waals surface area (Å²) < 4.78 is 46.9. The topological polar surface area (TPSA) is 251 Å². The van der Waals surface area contributed by atoms with Crippen LogP contribution in [0.5, 0.6) is 0 Å². The average Bonchev–Trinajstić information content (AvgIpc) is 1.66. The molecule has 0 spiro atoms. The molecule has 0 atom stereocenters. The van der Waals surface area contributed by atoms with Gasteiger partial charge in [0.05, 0.1) is 102 Å². The first kappa shape index (κ1) is 84.0. The molecule has 0 radical (unpaired) electrons. The third-order valence-corrected chi connectivity index (χ3v) is 15.9. The van der Waals surface area contributed by atoms with Crippen LogP contribution in [-0.4, -0.2) is 110 Å². The molecule has 0 aliphatic carbocycles. The lowest BCUT2D eigenvalue weighted by Gasteiger charge is -2.28. The van der Waals surface area contributed by atoms with Gasteiger partial charge in [-0.1, -0.05) is 18.2 Å². The smallest absolute Gasteiger partial charge is 0.330 e. The molecule has 0 bridgehead atoms. The molecule has 13 rings (SSSR count). The highest BCUT2D eigenvalue weighted by Crippen LogP contribution is 2.32. The zero-order chi connectivity index (χ0) is 75.9. The van der Waals surface area contributed by atoms with Gasteiger partial charge in [-0.3, -0.25) is 9.59 Å². The Bertz CT molecular complexity index is 4290. The summed E-state index contributed by atoms with van der Waals surface area (Å²) in [4.78, 5) is 52.4. The Morgan fingerprint density at radius 3 is 1.60 bits per heavy atom. The molecule has 1 fully saturated rings. The minimum Gasteiger partial charge on any atom is -0.469 e. The predicted octanol–water partition coefficient (Wildman–Crippen LogP) is 17.9. The molecule has 1 amide bonds. The largest absolute Gasteiger partial charge is 0.469 e. The Balaban J connectivity index is 0.000000190. The van der Waals surface area contributed by atoms with E-state index in [1.807, 2.05) is 192 Å². The molecular weight excluding hydrogens is 1490 g/mol. The van der Waals surface area contributed by atoms with Crippen LogP contribution in [0.2, 0.25) is 0 Å². The molecule has 6 heterocycles. The van der Waals surface area contributed by atoms with Gasteiger partial charge < -0.3 is 37.6 Å². The van der Waals surface area contributed by atoms with Crippen LogP contribution in [0.15, 0.2) is 285 Å². The van der Waals surface area contributed by atoms with Gasteiger partial charge >= 0.3 is 11.9 Å². The van der Waals surface area contributed by atoms with E-state index >= 15 is 0 Å². The number of aromatic nitrogens is 6. The Hall–Kier alpha value is -10.9. The molecule has 4 aromatic heterocycles. The highest BCUT2D eigenvalue weighted by atomic mass is 32.1. The molecule has 2 aliphatic heterocycles. The highest BCUT2D eigenvalue weighted by molar-refractivity contribution is 7.78. The molecule has 2 aliphatic rings. The third-order valence-electron chi connectivity index (χ3n) is 14.5. The number of anilines is 2. The van der Waals surface area contributed by atoms with E-state index in [1.54, 1.807) is 66.6 Å².